The molecule has 0 bridgehead atoms. The number of nitro groups is 1. The Morgan fingerprint density at radius 2 is 2.35 bits per heavy atom. The van der Waals surface area contributed by atoms with Crippen LogP contribution in [-0.4, -0.2) is 38.5 Å². The van der Waals surface area contributed by atoms with Gasteiger partial charge < -0.3 is 4.90 Å². The molecule has 1 aromatic rings. The highest BCUT2D eigenvalue weighted by molar-refractivity contribution is 5.82. The van der Waals surface area contributed by atoms with Gasteiger partial charge in [-0.3, -0.25) is 20.0 Å². The Bertz CT molecular complexity index is 566. The van der Waals surface area contributed by atoms with Crippen LogP contribution < -0.4 is 0 Å². The number of aromatic amines is 1. The van der Waals surface area contributed by atoms with Gasteiger partial charge in [0.1, 0.15) is 5.92 Å². The van der Waals surface area contributed by atoms with Crippen molar-refractivity contribution in [1.29, 1.82) is 0 Å². The normalized spacial score (nSPS) is 27.6. The van der Waals surface area contributed by atoms with Crippen molar-refractivity contribution in [1.82, 2.24) is 15.1 Å². The minimum absolute atomic E-state index is 0.0630. The molecule has 1 amide bonds. The standard InChI is InChI=1S/C13H18N4O3/c1-13(2)4-10-8(5-14-15-10)6-16(7-13)12(18)9-3-11(9)17(19)20/h5,9,11H,3-4,6-7H2,1-2H3,(H,14,15)/t9-,11-/m1/s1. The maximum atomic E-state index is 12.4. The largest absolute Gasteiger partial charge is 0.337 e. The number of carbonyl (C=O) groups is 1. The van der Waals surface area contributed by atoms with Crippen molar-refractivity contribution < 1.29 is 9.72 Å². The van der Waals surface area contributed by atoms with E-state index in [1.165, 1.54) is 0 Å². The summed E-state index contributed by atoms with van der Waals surface area (Å²) in [4.78, 5) is 24.6. The van der Waals surface area contributed by atoms with Crippen molar-refractivity contribution >= 4 is 5.91 Å². The highest BCUT2D eigenvalue weighted by Gasteiger charge is 2.55. The summed E-state index contributed by atoms with van der Waals surface area (Å²) in [6, 6.07) is -0.683. The molecule has 0 saturated heterocycles. The molecular weight excluding hydrogens is 260 g/mol. The van der Waals surface area contributed by atoms with Crippen LogP contribution in [0.25, 0.3) is 0 Å². The van der Waals surface area contributed by atoms with E-state index in [4.69, 9.17) is 0 Å². The van der Waals surface area contributed by atoms with Crippen molar-refractivity contribution in [2.45, 2.75) is 39.3 Å². The Morgan fingerprint density at radius 1 is 1.60 bits per heavy atom. The number of aromatic nitrogens is 2. The highest BCUT2D eigenvalue weighted by atomic mass is 16.6. The van der Waals surface area contributed by atoms with Crippen LogP contribution in [0.2, 0.25) is 0 Å². The van der Waals surface area contributed by atoms with Gasteiger partial charge in [-0.1, -0.05) is 13.8 Å². The fraction of sp³-hybridized carbons (Fsp3) is 0.692. The Hall–Kier alpha value is -1.92. The summed E-state index contributed by atoms with van der Waals surface area (Å²) in [6.07, 6.45) is 2.95. The van der Waals surface area contributed by atoms with E-state index >= 15 is 0 Å². The lowest BCUT2D eigenvalue weighted by Crippen LogP contribution is -2.39. The van der Waals surface area contributed by atoms with Crippen LogP contribution >= 0.6 is 0 Å². The van der Waals surface area contributed by atoms with Gasteiger partial charge in [0.05, 0.1) is 6.20 Å². The zero-order valence-corrected chi connectivity index (χ0v) is 11.6. The van der Waals surface area contributed by atoms with Crippen molar-refractivity contribution in [2.24, 2.45) is 11.3 Å². The van der Waals surface area contributed by atoms with E-state index in [9.17, 15) is 14.9 Å². The Morgan fingerprint density at radius 3 is 3.00 bits per heavy atom. The van der Waals surface area contributed by atoms with Gasteiger partial charge in [0.2, 0.25) is 11.9 Å². The number of amides is 1. The van der Waals surface area contributed by atoms with Crippen LogP contribution in [0.3, 0.4) is 0 Å². The lowest BCUT2D eigenvalue weighted by molar-refractivity contribution is -0.497. The third-order valence-corrected chi connectivity index (χ3v) is 4.10. The maximum Gasteiger partial charge on any atom is 0.233 e. The molecule has 1 aliphatic carbocycles. The third kappa shape index (κ3) is 2.28. The second-order valence-electron chi connectivity index (χ2n) is 6.60. The smallest absolute Gasteiger partial charge is 0.233 e. The lowest BCUT2D eigenvalue weighted by atomic mass is 9.87. The average molecular weight is 278 g/mol. The maximum absolute atomic E-state index is 12.4. The highest BCUT2D eigenvalue weighted by Crippen LogP contribution is 2.37. The van der Waals surface area contributed by atoms with Crippen LogP contribution in [0, 0.1) is 21.4 Å². The number of fused-ring (bicyclic) bond motifs is 1. The molecule has 7 heteroatoms. The van der Waals surface area contributed by atoms with Gasteiger partial charge in [0.25, 0.3) is 0 Å². The van der Waals surface area contributed by atoms with E-state index in [1.54, 1.807) is 11.1 Å². The van der Waals surface area contributed by atoms with Crippen LogP contribution in [0.1, 0.15) is 31.5 Å². The van der Waals surface area contributed by atoms with E-state index in [-0.39, 0.29) is 16.2 Å². The molecule has 0 unspecified atom stereocenters. The predicted octanol–water partition coefficient (Wildman–Crippen LogP) is 0.986. The van der Waals surface area contributed by atoms with E-state index < -0.39 is 12.0 Å². The number of hydrogen-bond donors (Lipinski definition) is 1. The molecule has 1 saturated carbocycles. The molecule has 20 heavy (non-hydrogen) atoms. The molecule has 1 fully saturated rings. The first-order valence-electron chi connectivity index (χ1n) is 6.81. The molecule has 0 aromatic carbocycles. The molecule has 108 valence electrons. The summed E-state index contributed by atoms with van der Waals surface area (Å²) in [7, 11) is 0. The van der Waals surface area contributed by atoms with Crippen LogP contribution in [0.4, 0.5) is 0 Å². The van der Waals surface area contributed by atoms with Crippen molar-refractivity contribution in [2.75, 3.05) is 6.54 Å². The summed E-state index contributed by atoms with van der Waals surface area (Å²) in [5.74, 6) is -0.525. The Balaban J connectivity index is 1.80. The number of rotatable bonds is 2. The van der Waals surface area contributed by atoms with Gasteiger partial charge in [0.15, 0.2) is 0 Å². The van der Waals surface area contributed by atoms with Gasteiger partial charge in [-0.2, -0.15) is 5.10 Å². The quantitative estimate of drug-likeness (QED) is 0.645. The second kappa shape index (κ2) is 4.29. The summed E-state index contributed by atoms with van der Waals surface area (Å²) in [6.45, 7) is 5.31. The molecule has 0 spiro atoms. The number of carbonyl (C=O) groups excluding carboxylic acids is 1. The van der Waals surface area contributed by atoms with E-state index in [0.717, 1.165) is 17.7 Å². The van der Waals surface area contributed by atoms with Gasteiger partial charge in [0, 0.05) is 35.7 Å². The molecule has 0 radical (unpaired) electrons. The van der Waals surface area contributed by atoms with Gasteiger partial charge >= 0.3 is 0 Å². The first-order chi connectivity index (χ1) is 9.37. The van der Waals surface area contributed by atoms with Crippen molar-refractivity contribution in [3.8, 4) is 0 Å². The number of nitrogens with zero attached hydrogens (tertiary/aromatic N) is 3. The van der Waals surface area contributed by atoms with Gasteiger partial charge in [-0.15, -0.1) is 0 Å². The zero-order chi connectivity index (χ0) is 14.5. The lowest BCUT2D eigenvalue weighted by Gasteiger charge is -2.29. The fourth-order valence-electron chi connectivity index (χ4n) is 3.01. The van der Waals surface area contributed by atoms with Crippen molar-refractivity contribution in [3.63, 3.8) is 0 Å². The third-order valence-electron chi connectivity index (χ3n) is 4.10. The SMILES string of the molecule is CC1(C)Cc2[nH]ncc2CN(C(=O)[C@@H]2C[C@H]2[N+](=O)[O-])C1. The molecule has 7 nitrogen and oxygen atoms in total. The zero-order valence-electron chi connectivity index (χ0n) is 11.6. The fourth-order valence-corrected chi connectivity index (χ4v) is 3.01. The molecule has 3 rings (SSSR count). The number of hydrogen-bond acceptors (Lipinski definition) is 4. The van der Waals surface area contributed by atoms with Crippen LogP contribution in [-0.2, 0) is 17.8 Å². The molecule has 2 heterocycles. The minimum atomic E-state index is -0.683. The molecular formula is C13H18N4O3. The van der Waals surface area contributed by atoms with Gasteiger partial charge in [-0.25, -0.2) is 0 Å². The molecule has 1 aromatic heterocycles. The number of H-pyrrole nitrogens is 1. The summed E-state index contributed by atoms with van der Waals surface area (Å²) in [5.41, 5.74) is 2.01. The van der Waals surface area contributed by atoms with E-state index in [1.807, 2.05) is 0 Å². The first kappa shape index (κ1) is 13.1. The number of nitrogens with one attached hydrogen (secondary N) is 1. The topological polar surface area (TPSA) is 92.1 Å². The van der Waals surface area contributed by atoms with Crippen LogP contribution in [0.15, 0.2) is 6.20 Å². The minimum Gasteiger partial charge on any atom is -0.337 e. The first-order valence-corrected chi connectivity index (χ1v) is 6.81. The average Bonchev–Trinajstić information content (AvgIpc) is 3.07. The monoisotopic (exact) mass is 278 g/mol. The summed E-state index contributed by atoms with van der Waals surface area (Å²) < 4.78 is 0. The summed E-state index contributed by atoms with van der Waals surface area (Å²) >= 11 is 0. The summed E-state index contributed by atoms with van der Waals surface area (Å²) in [5, 5.41) is 17.8. The van der Waals surface area contributed by atoms with E-state index in [2.05, 4.69) is 24.0 Å². The Kier molecular flexibility index (Phi) is 2.81. The molecule has 2 aliphatic rings. The van der Waals surface area contributed by atoms with Crippen molar-refractivity contribution in [3.05, 3.63) is 27.6 Å². The molecule has 2 atom stereocenters. The predicted molar refractivity (Wildman–Crippen MR) is 70.4 cm³/mol. The van der Waals surface area contributed by atoms with E-state index in [0.29, 0.717) is 19.5 Å². The van der Waals surface area contributed by atoms with Crippen LogP contribution in [0.5, 0.6) is 0 Å². The Labute approximate surface area is 116 Å². The molecule has 1 N–H and O–H groups in total. The second-order valence-corrected chi connectivity index (χ2v) is 6.60. The molecule has 1 aliphatic heterocycles. The van der Waals surface area contributed by atoms with Gasteiger partial charge in [-0.05, 0) is 11.8 Å².